The van der Waals surface area contributed by atoms with Gasteiger partial charge in [0, 0.05) is 82.9 Å². The van der Waals surface area contributed by atoms with Crippen LogP contribution in [-0.2, 0) is 0 Å². The molecule has 8 nitrogen and oxygen atoms in total. The van der Waals surface area contributed by atoms with Gasteiger partial charge in [0.1, 0.15) is 0 Å². The number of nitrogens with zero attached hydrogens (tertiary/aromatic N) is 8. The summed E-state index contributed by atoms with van der Waals surface area (Å²) in [5, 5.41) is 7.71. The molecule has 12 saturated carbocycles. The Morgan fingerprint density at radius 2 is 0.532 bits per heavy atom. The van der Waals surface area contributed by atoms with Crippen molar-refractivity contribution in [1.82, 2.24) is 39.5 Å². The highest BCUT2D eigenvalue weighted by molar-refractivity contribution is 5.90. The van der Waals surface area contributed by atoms with Crippen LogP contribution in [0.25, 0.3) is 65.6 Å². The van der Waals surface area contributed by atoms with Crippen molar-refractivity contribution in [3.63, 3.8) is 0 Å². The zero-order valence-corrected chi connectivity index (χ0v) is 78.2. The topological polar surface area (TPSA) is 64.5 Å². The minimum absolute atomic E-state index is 0.366. The van der Waals surface area contributed by atoms with E-state index >= 15 is 0 Å². The Bertz CT molecular complexity index is 4680. The molecule has 0 amide bonds. The van der Waals surface area contributed by atoms with Crippen molar-refractivity contribution in [2.75, 3.05) is 56.4 Å². The van der Waals surface area contributed by atoms with Crippen molar-refractivity contribution in [1.29, 1.82) is 0 Å². The fourth-order valence-electron chi connectivity index (χ4n) is 34.2. The highest BCUT2D eigenvalue weighted by Gasteiger charge is 2.60. The van der Waals surface area contributed by atoms with Gasteiger partial charge >= 0.3 is 0 Å². The van der Waals surface area contributed by atoms with Gasteiger partial charge in [0.2, 0.25) is 0 Å². The summed E-state index contributed by atoms with van der Waals surface area (Å²) in [6, 6.07) is 44.2. The molecule has 8 aromatic rings. The molecular weight excluding hydrogens is 1510 g/mol. The van der Waals surface area contributed by atoms with Gasteiger partial charge in [-0.05, 0) is 518 Å². The molecule has 0 radical (unpaired) electrons. The van der Waals surface area contributed by atoms with E-state index in [4.69, 9.17) is 0 Å². The number of hydrogen-bond acceptors (Lipinski definition) is 8. The third-order valence-corrected chi connectivity index (χ3v) is 40.7. The first-order valence-corrected chi connectivity index (χ1v) is 51.0. The number of benzene rings is 4. The molecule has 12 fully saturated rings. The normalized spacial score (nSPS) is 39.7. The van der Waals surface area contributed by atoms with E-state index in [9.17, 15) is 0 Å². The standard InChI is InChI=1S/4C29H38N2/c2*1-29-15-14-24-23-10-8-22(31(2)3)18-19(23)6-9-25(24)27(29)12-11-26(29)20-7-13-28-21(17-20)5-4-16-30-28;2*1-29-14-12-25-24-9-7-23(31(2)3)17-20(24)6-8-26(25)28(29)11-10-27(29)21-4-5-22-18-30-15-13-19(22)16-21/h2*4-5,7,11,13,16-17,19,22-25,27H,6,8-10,12,14-15,18H2,1-3H3;2*4-5,10,13,15-16,18,20,23-26,28H,6-9,11-12,14,17H2,1-3H3/t2*19-,22-,23-,24+,25+,27-,29+;2*20-,23-,24-,25+,26+,28-,29+/m0000/s1. The van der Waals surface area contributed by atoms with Gasteiger partial charge in [-0.1, -0.05) is 101 Å². The summed E-state index contributed by atoms with van der Waals surface area (Å²) in [6.07, 6.45) is 68.1. The zero-order chi connectivity index (χ0) is 84.7. The number of pyridine rings is 4. The highest BCUT2D eigenvalue weighted by atomic mass is 15.1. The lowest BCUT2D eigenvalue weighted by Crippen LogP contribution is -2.49. The first-order chi connectivity index (χ1) is 60.2. The van der Waals surface area contributed by atoms with Crippen molar-refractivity contribution in [3.05, 3.63) is 193 Å². The maximum absolute atomic E-state index is 4.53. The third-order valence-electron chi connectivity index (χ3n) is 40.7. The van der Waals surface area contributed by atoms with Crippen LogP contribution in [0.2, 0.25) is 0 Å². The van der Waals surface area contributed by atoms with Crippen LogP contribution in [0.15, 0.2) is 171 Å². The van der Waals surface area contributed by atoms with Crippen molar-refractivity contribution in [2.45, 2.75) is 257 Å². The van der Waals surface area contributed by atoms with Crippen LogP contribution >= 0.6 is 0 Å². The van der Waals surface area contributed by atoms with Crippen molar-refractivity contribution < 1.29 is 0 Å². The molecule has 28 atom stereocenters. The Hall–Kier alpha value is -6.68. The summed E-state index contributed by atoms with van der Waals surface area (Å²) >= 11 is 0. The van der Waals surface area contributed by atoms with Crippen LogP contribution in [0, 0.1) is 140 Å². The van der Waals surface area contributed by atoms with Gasteiger partial charge in [-0.15, -0.1) is 0 Å². The molecular formula is C116H152N8. The van der Waals surface area contributed by atoms with E-state index < -0.39 is 0 Å². The fraction of sp³-hybridized carbons (Fsp3) is 0.621. The summed E-state index contributed by atoms with van der Waals surface area (Å²) in [7, 11) is 18.3. The van der Waals surface area contributed by atoms with Crippen LogP contribution in [0.1, 0.15) is 255 Å². The Morgan fingerprint density at radius 3 is 0.823 bits per heavy atom. The molecule has 8 heteroatoms. The molecule has 0 unspecified atom stereocenters. The molecule has 0 aliphatic heterocycles. The number of fused-ring (bicyclic) bond motifs is 24. The van der Waals surface area contributed by atoms with Gasteiger partial charge in [-0.25, -0.2) is 0 Å². The van der Waals surface area contributed by atoms with Crippen LogP contribution in [0.3, 0.4) is 0 Å². The minimum Gasteiger partial charge on any atom is -0.306 e. The largest absolute Gasteiger partial charge is 0.306 e. The lowest BCUT2D eigenvalue weighted by atomic mass is 9.49. The molecule has 16 aliphatic rings. The molecule has 124 heavy (non-hydrogen) atoms. The number of hydrogen-bond donors (Lipinski definition) is 0. The van der Waals surface area contributed by atoms with E-state index in [0.29, 0.717) is 21.7 Å². The average molecular weight is 1660 g/mol. The molecule has 4 aromatic carbocycles. The Labute approximate surface area is 747 Å². The number of rotatable bonds is 8. The van der Waals surface area contributed by atoms with Crippen LogP contribution in [0.4, 0.5) is 0 Å². The van der Waals surface area contributed by atoms with Crippen molar-refractivity contribution in [2.24, 2.45) is 140 Å². The lowest BCUT2D eigenvalue weighted by molar-refractivity contribution is -0.0482. The maximum atomic E-state index is 4.53. The monoisotopic (exact) mass is 1660 g/mol. The average Bonchev–Trinajstić information content (AvgIpc) is 1.54. The van der Waals surface area contributed by atoms with E-state index in [1.165, 1.54) is 260 Å². The third kappa shape index (κ3) is 15.0. The summed E-state index contributed by atoms with van der Waals surface area (Å²) in [6.45, 7) is 10.4. The molecule has 0 N–H and O–H groups in total. The summed E-state index contributed by atoms with van der Waals surface area (Å²) in [5.41, 5.74) is 16.1. The van der Waals surface area contributed by atoms with Gasteiger partial charge in [-0.2, -0.15) is 0 Å². The van der Waals surface area contributed by atoms with E-state index in [1.807, 2.05) is 37.2 Å². The first-order valence-electron chi connectivity index (χ1n) is 51.0. The maximum Gasteiger partial charge on any atom is 0.0702 e. The Morgan fingerprint density at radius 1 is 0.258 bits per heavy atom. The second kappa shape index (κ2) is 34.0. The summed E-state index contributed by atoms with van der Waals surface area (Å²) < 4.78 is 0. The smallest absolute Gasteiger partial charge is 0.0702 e. The number of aromatic nitrogens is 4. The quantitative estimate of drug-likeness (QED) is 0.149. The van der Waals surface area contributed by atoms with E-state index in [2.05, 4.69) is 257 Å². The second-order valence-corrected chi connectivity index (χ2v) is 46.4. The molecule has 0 spiro atoms. The molecule has 4 aromatic heterocycles. The second-order valence-electron chi connectivity index (χ2n) is 46.4. The predicted octanol–water partition coefficient (Wildman–Crippen LogP) is 27.2. The molecule has 24 rings (SSSR count). The first kappa shape index (κ1) is 84.2. The van der Waals surface area contributed by atoms with Crippen LogP contribution in [0.5, 0.6) is 0 Å². The number of allylic oxidation sites excluding steroid dienone is 8. The molecule has 0 saturated heterocycles. The lowest BCUT2D eigenvalue weighted by Gasteiger charge is -2.56. The van der Waals surface area contributed by atoms with E-state index in [-0.39, 0.29) is 0 Å². The molecule has 16 aliphatic carbocycles. The van der Waals surface area contributed by atoms with E-state index in [1.54, 1.807) is 22.3 Å². The van der Waals surface area contributed by atoms with Crippen LogP contribution < -0.4 is 0 Å². The molecule has 656 valence electrons. The van der Waals surface area contributed by atoms with Gasteiger partial charge < -0.3 is 19.6 Å². The van der Waals surface area contributed by atoms with Gasteiger partial charge in [0.05, 0.1) is 11.0 Å². The molecule has 4 heterocycles. The van der Waals surface area contributed by atoms with Crippen molar-refractivity contribution >= 4 is 65.6 Å². The zero-order valence-electron chi connectivity index (χ0n) is 78.2. The SMILES string of the molecule is CN(C)[C@H]1CC[C@H]2[C@@H](CC[C@@H]3[C@@H]2CC[C@]2(C)C(c4ccc5cnccc5c4)=CC[C@@H]32)C1.CN(C)[C@H]1CC[C@H]2[C@@H](CC[C@@H]3[C@@H]2CC[C@]2(C)C(c4ccc5cnccc5c4)=CC[C@@H]32)C1.CN(C)[C@H]1CC[C@H]2[C@@H](CC[C@@H]3[C@@H]2CC[C@]2(C)C(c4ccc5ncccc5c4)=CC[C@@H]32)C1.CN(C)[C@H]1CC[C@H]2[C@@H](CC[C@@H]3[C@@H]2CC[C@]2(C)C(c4ccc5ncccc5c4)=CC[C@@H]32)C1. The molecule has 0 bridgehead atoms. The summed E-state index contributed by atoms with van der Waals surface area (Å²) in [4.78, 5) is 27.6. The summed E-state index contributed by atoms with van der Waals surface area (Å²) in [5.74, 6) is 19.3. The van der Waals surface area contributed by atoms with Gasteiger partial charge in [0.25, 0.3) is 0 Å². The Kier molecular flexibility index (Phi) is 23.1. The van der Waals surface area contributed by atoms with Crippen LogP contribution in [-0.4, -0.2) is 120 Å². The van der Waals surface area contributed by atoms with Gasteiger partial charge in [0.15, 0.2) is 0 Å². The predicted molar refractivity (Wildman–Crippen MR) is 519 cm³/mol. The van der Waals surface area contributed by atoms with E-state index in [0.717, 1.165) is 154 Å². The minimum atomic E-state index is 0.366. The highest BCUT2D eigenvalue weighted by Crippen LogP contribution is 2.70. The van der Waals surface area contributed by atoms with Gasteiger partial charge in [-0.3, -0.25) is 19.9 Å². The van der Waals surface area contributed by atoms with Crippen molar-refractivity contribution in [3.8, 4) is 0 Å². The Balaban J connectivity index is 0.000000101. The fourth-order valence-corrected chi connectivity index (χ4v) is 34.2.